The number of benzene rings is 2. The molecule has 5 nitrogen and oxygen atoms in total. The Bertz CT molecular complexity index is 796. The third-order valence-electron chi connectivity index (χ3n) is 3.77. The number of hydrogen-bond acceptors (Lipinski definition) is 3. The Kier molecular flexibility index (Phi) is 7.30. The van der Waals surface area contributed by atoms with Crippen molar-refractivity contribution in [2.24, 2.45) is 0 Å². The molecule has 0 aromatic heterocycles. The fourth-order valence-corrected chi connectivity index (χ4v) is 2.60. The molecule has 0 bridgehead atoms. The number of nitrogens with one attached hydrogen (secondary N) is 3. The third kappa shape index (κ3) is 5.93. The van der Waals surface area contributed by atoms with Gasteiger partial charge in [-0.3, -0.25) is 9.59 Å². The van der Waals surface area contributed by atoms with Crippen LogP contribution < -0.4 is 16.0 Å². The number of rotatable bonds is 7. The number of carbonyl (C=O) groups excluding carboxylic acids is 2. The van der Waals surface area contributed by atoms with Gasteiger partial charge in [0, 0.05) is 22.3 Å². The van der Waals surface area contributed by atoms with Crippen LogP contribution in [-0.4, -0.2) is 24.4 Å². The van der Waals surface area contributed by atoms with Crippen molar-refractivity contribution >= 4 is 46.4 Å². The van der Waals surface area contributed by atoms with Gasteiger partial charge in [0.2, 0.25) is 5.91 Å². The quantitative estimate of drug-likeness (QED) is 0.644. The van der Waals surface area contributed by atoms with Gasteiger partial charge < -0.3 is 16.0 Å². The van der Waals surface area contributed by atoms with Crippen LogP contribution in [0.2, 0.25) is 10.0 Å². The SMILES string of the molecule is CCC(C)NC(=O)c1cccc(NCC(=O)Nc2ccc(Cl)cc2Cl)c1. The lowest BCUT2D eigenvalue weighted by Crippen LogP contribution is -2.31. The predicted molar refractivity (Wildman–Crippen MR) is 107 cm³/mol. The van der Waals surface area contributed by atoms with Crippen LogP contribution in [0, 0.1) is 0 Å². The summed E-state index contributed by atoms with van der Waals surface area (Å²) in [6.07, 6.45) is 0.858. The molecular formula is C19H21Cl2N3O2. The zero-order valence-electron chi connectivity index (χ0n) is 14.6. The van der Waals surface area contributed by atoms with E-state index in [9.17, 15) is 9.59 Å². The third-order valence-corrected chi connectivity index (χ3v) is 4.32. The summed E-state index contributed by atoms with van der Waals surface area (Å²) in [5, 5.41) is 9.48. The summed E-state index contributed by atoms with van der Waals surface area (Å²) in [7, 11) is 0. The van der Waals surface area contributed by atoms with Crippen molar-refractivity contribution in [1.29, 1.82) is 0 Å². The molecule has 138 valence electrons. The lowest BCUT2D eigenvalue weighted by Gasteiger charge is -2.13. The standard InChI is InChI=1S/C19H21Cl2N3O2/c1-3-12(2)23-19(26)13-5-4-6-15(9-13)22-11-18(25)24-17-8-7-14(20)10-16(17)21/h4-10,12,22H,3,11H2,1-2H3,(H,23,26)(H,24,25). The molecule has 0 heterocycles. The Labute approximate surface area is 163 Å². The lowest BCUT2D eigenvalue weighted by molar-refractivity contribution is -0.114. The fraction of sp³-hybridized carbons (Fsp3) is 0.263. The lowest BCUT2D eigenvalue weighted by atomic mass is 10.1. The van der Waals surface area contributed by atoms with Gasteiger partial charge in [0.15, 0.2) is 0 Å². The molecule has 0 aliphatic heterocycles. The molecule has 0 aliphatic carbocycles. The molecule has 0 aliphatic rings. The molecule has 1 unspecified atom stereocenters. The number of carbonyl (C=O) groups is 2. The van der Waals surface area contributed by atoms with Gasteiger partial charge >= 0.3 is 0 Å². The molecule has 2 aromatic carbocycles. The van der Waals surface area contributed by atoms with Crippen LogP contribution >= 0.6 is 23.2 Å². The topological polar surface area (TPSA) is 70.2 Å². The highest BCUT2D eigenvalue weighted by atomic mass is 35.5. The van der Waals surface area contributed by atoms with Gasteiger partial charge in [-0.1, -0.05) is 36.2 Å². The van der Waals surface area contributed by atoms with Crippen molar-refractivity contribution in [2.75, 3.05) is 17.2 Å². The minimum absolute atomic E-state index is 0.0371. The number of amides is 2. The predicted octanol–water partition coefficient (Wildman–Crippen LogP) is 4.57. The molecule has 0 spiro atoms. The molecule has 1 atom stereocenters. The molecule has 26 heavy (non-hydrogen) atoms. The highest BCUT2D eigenvalue weighted by Crippen LogP contribution is 2.25. The minimum Gasteiger partial charge on any atom is -0.376 e. The van der Waals surface area contributed by atoms with E-state index in [0.717, 1.165) is 6.42 Å². The van der Waals surface area contributed by atoms with Crippen LogP contribution in [-0.2, 0) is 4.79 Å². The second-order valence-corrected chi connectivity index (χ2v) is 6.73. The highest BCUT2D eigenvalue weighted by Gasteiger charge is 2.10. The minimum atomic E-state index is -0.260. The van der Waals surface area contributed by atoms with Gasteiger partial charge in [0.25, 0.3) is 5.91 Å². The smallest absolute Gasteiger partial charge is 0.251 e. The van der Waals surface area contributed by atoms with E-state index < -0.39 is 0 Å². The van der Waals surface area contributed by atoms with Crippen LogP contribution in [0.1, 0.15) is 30.6 Å². The zero-order chi connectivity index (χ0) is 19.1. The Balaban J connectivity index is 1.93. The van der Waals surface area contributed by atoms with Gasteiger partial charge in [-0.05, 0) is 49.7 Å². The number of hydrogen-bond donors (Lipinski definition) is 3. The van der Waals surface area contributed by atoms with Crippen LogP contribution in [0.25, 0.3) is 0 Å². The van der Waals surface area contributed by atoms with Crippen molar-refractivity contribution < 1.29 is 9.59 Å². The Hall–Kier alpha value is -2.24. The molecular weight excluding hydrogens is 373 g/mol. The molecule has 0 saturated heterocycles. The zero-order valence-corrected chi connectivity index (χ0v) is 16.1. The molecule has 2 aromatic rings. The Morgan fingerprint density at radius 1 is 1.12 bits per heavy atom. The Morgan fingerprint density at radius 3 is 2.58 bits per heavy atom. The van der Waals surface area contributed by atoms with E-state index in [4.69, 9.17) is 23.2 Å². The summed E-state index contributed by atoms with van der Waals surface area (Å²) < 4.78 is 0. The molecule has 3 N–H and O–H groups in total. The van der Waals surface area contributed by atoms with E-state index in [1.54, 1.807) is 42.5 Å². The average Bonchev–Trinajstić information content (AvgIpc) is 2.62. The van der Waals surface area contributed by atoms with E-state index >= 15 is 0 Å². The first-order valence-electron chi connectivity index (χ1n) is 8.28. The summed E-state index contributed by atoms with van der Waals surface area (Å²) in [4.78, 5) is 24.2. The van der Waals surface area contributed by atoms with Crippen LogP contribution in [0.15, 0.2) is 42.5 Å². The summed E-state index contributed by atoms with van der Waals surface area (Å²) in [5.74, 6) is -0.399. The van der Waals surface area contributed by atoms with Crippen LogP contribution in [0.5, 0.6) is 0 Å². The van der Waals surface area contributed by atoms with Crippen LogP contribution in [0.4, 0.5) is 11.4 Å². The van der Waals surface area contributed by atoms with Gasteiger partial charge in [-0.25, -0.2) is 0 Å². The van der Waals surface area contributed by atoms with Gasteiger partial charge in [-0.15, -0.1) is 0 Å². The maximum Gasteiger partial charge on any atom is 0.251 e. The highest BCUT2D eigenvalue weighted by molar-refractivity contribution is 6.36. The summed E-state index contributed by atoms with van der Waals surface area (Å²) in [6.45, 7) is 4.00. The molecule has 7 heteroatoms. The van der Waals surface area contributed by atoms with Crippen LogP contribution in [0.3, 0.4) is 0 Å². The van der Waals surface area contributed by atoms with Crippen molar-refractivity contribution in [3.63, 3.8) is 0 Å². The summed E-state index contributed by atoms with van der Waals surface area (Å²) in [6, 6.07) is 12.0. The monoisotopic (exact) mass is 393 g/mol. The first kappa shape index (κ1) is 20.1. The first-order chi connectivity index (χ1) is 12.4. The maximum absolute atomic E-state index is 12.2. The summed E-state index contributed by atoms with van der Waals surface area (Å²) in [5.41, 5.74) is 1.71. The van der Waals surface area contributed by atoms with Crippen molar-refractivity contribution in [3.8, 4) is 0 Å². The van der Waals surface area contributed by atoms with E-state index in [-0.39, 0.29) is 24.4 Å². The Morgan fingerprint density at radius 2 is 1.88 bits per heavy atom. The van der Waals surface area contributed by atoms with E-state index in [2.05, 4.69) is 16.0 Å². The van der Waals surface area contributed by atoms with E-state index in [0.29, 0.717) is 27.0 Å². The van der Waals surface area contributed by atoms with Gasteiger partial charge in [0.1, 0.15) is 0 Å². The second-order valence-electron chi connectivity index (χ2n) is 5.89. The molecule has 0 fully saturated rings. The maximum atomic E-state index is 12.2. The summed E-state index contributed by atoms with van der Waals surface area (Å²) >= 11 is 11.9. The van der Waals surface area contributed by atoms with Crippen molar-refractivity contribution in [3.05, 3.63) is 58.1 Å². The second kappa shape index (κ2) is 9.46. The number of halogens is 2. The fourth-order valence-electron chi connectivity index (χ4n) is 2.15. The molecule has 2 rings (SSSR count). The number of anilines is 2. The largest absolute Gasteiger partial charge is 0.376 e. The van der Waals surface area contributed by atoms with Gasteiger partial charge in [-0.2, -0.15) is 0 Å². The normalized spacial score (nSPS) is 11.5. The van der Waals surface area contributed by atoms with E-state index in [1.165, 1.54) is 0 Å². The molecule has 0 radical (unpaired) electrons. The molecule has 0 saturated carbocycles. The van der Waals surface area contributed by atoms with E-state index in [1.807, 2.05) is 13.8 Å². The molecule has 2 amide bonds. The van der Waals surface area contributed by atoms with Crippen molar-refractivity contribution in [2.45, 2.75) is 26.3 Å². The van der Waals surface area contributed by atoms with Gasteiger partial charge in [0.05, 0.1) is 17.3 Å². The van der Waals surface area contributed by atoms with Crippen molar-refractivity contribution in [1.82, 2.24) is 5.32 Å². The first-order valence-corrected chi connectivity index (χ1v) is 9.04. The average molecular weight is 394 g/mol.